The van der Waals surface area contributed by atoms with Gasteiger partial charge in [0.15, 0.2) is 40.0 Å². The maximum atomic E-state index is 14.6. The number of ether oxygens (including phenoxy) is 5. The van der Waals surface area contributed by atoms with Gasteiger partial charge in [0.2, 0.25) is 6.79 Å². The molecule has 10 rings (SSSR count). The number of hydrogen-bond acceptors (Lipinski definition) is 14. The zero-order valence-electron chi connectivity index (χ0n) is 29.0. The number of phenolic OH excluding ortho intramolecular Hbond substituents is 3. The van der Waals surface area contributed by atoms with E-state index >= 15 is 0 Å². The lowest BCUT2D eigenvalue weighted by Crippen LogP contribution is -2.70. The summed E-state index contributed by atoms with van der Waals surface area (Å²) >= 11 is 1.47. The number of thioether (sulfide) groups is 1. The minimum absolute atomic E-state index is 0.00972. The van der Waals surface area contributed by atoms with Gasteiger partial charge in [-0.3, -0.25) is 15.1 Å². The van der Waals surface area contributed by atoms with E-state index in [0.29, 0.717) is 64.5 Å². The Morgan fingerprint density at radius 2 is 1.76 bits per heavy atom. The molecule has 1 spiro atoms. The molecule has 3 aromatic rings. The molecule has 4 bridgehead atoms. The number of methoxy groups -OCH3 is 2. The van der Waals surface area contributed by atoms with E-state index < -0.39 is 41.1 Å². The Morgan fingerprint density at radius 1 is 0.980 bits per heavy atom. The van der Waals surface area contributed by atoms with Gasteiger partial charge < -0.3 is 44.1 Å². The Labute approximate surface area is 299 Å². The van der Waals surface area contributed by atoms with Crippen LogP contribution in [0.4, 0.5) is 0 Å². The number of nitrogens with one attached hydrogen (secondary N) is 1. The number of aliphatic hydroxyl groups is 1. The van der Waals surface area contributed by atoms with Crippen molar-refractivity contribution in [3.63, 3.8) is 0 Å². The van der Waals surface area contributed by atoms with Crippen LogP contribution in [0.3, 0.4) is 0 Å². The summed E-state index contributed by atoms with van der Waals surface area (Å²) in [4.78, 5) is 18.7. The molecular formula is C37H41N3O10S. The smallest absolute Gasteiger partial charge is 0.331 e. The lowest BCUT2D eigenvalue weighted by atomic mass is 9.73. The Kier molecular flexibility index (Phi) is 7.37. The molecule has 14 heteroatoms. The molecule has 1 unspecified atom stereocenters. The lowest BCUT2D eigenvalue weighted by molar-refractivity contribution is -0.186. The third-order valence-electron chi connectivity index (χ3n) is 12.0. The second-order valence-corrected chi connectivity index (χ2v) is 15.5. The molecule has 0 aromatic heterocycles. The van der Waals surface area contributed by atoms with Gasteiger partial charge in [-0.15, -0.1) is 11.8 Å². The van der Waals surface area contributed by atoms with Crippen LogP contribution in [-0.2, 0) is 27.9 Å². The summed E-state index contributed by atoms with van der Waals surface area (Å²) in [6.07, 6.45) is 0.0426. The zero-order valence-corrected chi connectivity index (χ0v) is 29.8. The number of hydrogen-bond donors (Lipinski definition) is 5. The second-order valence-electron chi connectivity index (χ2n) is 14.4. The first-order chi connectivity index (χ1) is 24.5. The monoisotopic (exact) mass is 719 g/mol. The molecular weight excluding hydrogens is 678 g/mol. The van der Waals surface area contributed by atoms with Gasteiger partial charge in [-0.1, -0.05) is 6.07 Å². The molecule has 2 fully saturated rings. The minimum Gasteiger partial charge on any atom is -0.507 e. The first-order valence-electron chi connectivity index (χ1n) is 17.2. The van der Waals surface area contributed by atoms with Crippen LogP contribution in [0.25, 0.3) is 0 Å². The first-order valence-corrected chi connectivity index (χ1v) is 18.2. The second kappa shape index (κ2) is 11.5. The molecule has 0 aliphatic carbocycles. The highest BCUT2D eigenvalue weighted by atomic mass is 32.2. The molecule has 0 radical (unpaired) electrons. The van der Waals surface area contributed by atoms with E-state index in [1.54, 1.807) is 26.2 Å². The van der Waals surface area contributed by atoms with Crippen molar-refractivity contribution < 1.29 is 48.9 Å². The van der Waals surface area contributed by atoms with Gasteiger partial charge in [0.05, 0.1) is 37.6 Å². The van der Waals surface area contributed by atoms with Crippen LogP contribution in [0, 0.1) is 13.8 Å². The number of aromatic hydroxyl groups is 3. The highest BCUT2D eigenvalue weighted by Gasteiger charge is 2.61. The number of phenols is 3. The number of benzene rings is 3. The molecule has 51 heavy (non-hydrogen) atoms. The molecule has 0 saturated carbocycles. The minimum atomic E-state index is -1.32. The molecule has 7 aliphatic heterocycles. The maximum absolute atomic E-state index is 14.6. The van der Waals surface area contributed by atoms with E-state index in [2.05, 4.69) is 10.2 Å². The molecule has 5 N–H and O–H groups in total. The highest BCUT2D eigenvalue weighted by molar-refractivity contribution is 7.99. The van der Waals surface area contributed by atoms with Crippen molar-refractivity contribution in [3.05, 3.63) is 62.7 Å². The van der Waals surface area contributed by atoms with Gasteiger partial charge >= 0.3 is 5.97 Å². The van der Waals surface area contributed by atoms with Crippen molar-refractivity contribution in [2.45, 2.75) is 67.9 Å². The number of carbonyl (C=O) groups is 1. The van der Waals surface area contributed by atoms with E-state index in [4.69, 9.17) is 23.7 Å². The largest absolute Gasteiger partial charge is 0.507 e. The van der Waals surface area contributed by atoms with Crippen LogP contribution in [0.1, 0.15) is 61.8 Å². The third-order valence-corrected chi connectivity index (χ3v) is 13.5. The summed E-state index contributed by atoms with van der Waals surface area (Å²) in [7, 11) is 4.97. The summed E-state index contributed by atoms with van der Waals surface area (Å²) in [6.45, 7) is 3.96. The Hall–Kier alpha value is -4.08. The summed E-state index contributed by atoms with van der Waals surface area (Å²) in [5.41, 5.74) is 4.38. The van der Waals surface area contributed by atoms with E-state index in [0.717, 1.165) is 16.7 Å². The fourth-order valence-corrected chi connectivity index (χ4v) is 11.4. The number of piperazine rings is 1. The average Bonchev–Trinajstić information content (AvgIpc) is 3.60. The van der Waals surface area contributed by atoms with Crippen molar-refractivity contribution in [1.82, 2.24) is 15.1 Å². The molecule has 2 saturated heterocycles. The number of likely N-dealkylation sites (N-methyl/N-ethyl adjacent to an activating group) is 1. The van der Waals surface area contributed by atoms with E-state index in [1.165, 1.54) is 18.9 Å². The van der Waals surface area contributed by atoms with Crippen molar-refractivity contribution in [2.75, 3.05) is 47.0 Å². The summed E-state index contributed by atoms with van der Waals surface area (Å²) in [5.74, 6) is 1.32. The zero-order chi connectivity index (χ0) is 35.7. The third kappa shape index (κ3) is 4.28. The fourth-order valence-electron chi connectivity index (χ4n) is 9.74. The van der Waals surface area contributed by atoms with Crippen molar-refractivity contribution in [1.29, 1.82) is 0 Å². The molecule has 270 valence electrons. The Bertz CT molecular complexity index is 2010. The fraction of sp³-hybridized carbons (Fsp3) is 0.486. The van der Waals surface area contributed by atoms with Crippen LogP contribution in [0.2, 0.25) is 0 Å². The van der Waals surface area contributed by atoms with Crippen molar-refractivity contribution in [2.24, 2.45) is 0 Å². The number of esters is 1. The van der Waals surface area contributed by atoms with Gasteiger partial charge in [0, 0.05) is 40.6 Å². The Morgan fingerprint density at radius 3 is 2.53 bits per heavy atom. The summed E-state index contributed by atoms with van der Waals surface area (Å²) in [5, 5.41) is 50.1. The van der Waals surface area contributed by atoms with Crippen LogP contribution in [0.5, 0.6) is 40.2 Å². The normalized spacial score (nSPS) is 30.6. The van der Waals surface area contributed by atoms with Crippen molar-refractivity contribution in [3.8, 4) is 40.2 Å². The molecule has 7 heterocycles. The van der Waals surface area contributed by atoms with E-state index in [9.17, 15) is 25.2 Å². The van der Waals surface area contributed by atoms with Gasteiger partial charge in [-0.05, 0) is 68.1 Å². The number of rotatable bonds is 2. The lowest BCUT2D eigenvalue weighted by Gasteiger charge is -2.62. The average molecular weight is 720 g/mol. The predicted octanol–water partition coefficient (Wildman–Crippen LogP) is 3.19. The SMILES string of the molecule is COc1cc2c(cc1O)CCN[C@]21CS[C@@H]2c3c(O)c(C)c4c(c3[C@@H](COC1=O)N1C2[C@H]2c3c(cc(C)c(OC)c3O)C[C@H]([C@@H]1O)N2C)OCO4. The molecule has 3 aromatic carbocycles. The first kappa shape index (κ1) is 32.8. The summed E-state index contributed by atoms with van der Waals surface area (Å²) in [6, 6.07) is 3.30. The van der Waals surface area contributed by atoms with Gasteiger partial charge in [-0.2, -0.15) is 0 Å². The molecule has 7 aliphatic rings. The predicted molar refractivity (Wildman–Crippen MR) is 185 cm³/mol. The van der Waals surface area contributed by atoms with Gasteiger partial charge in [0.25, 0.3) is 0 Å². The van der Waals surface area contributed by atoms with Gasteiger partial charge in [0.1, 0.15) is 18.6 Å². The van der Waals surface area contributed by atoms with E-state index in [-0.39, 0.29) is 48.2 Å². The number of fused-ring (bicyclic) bond motifs is 9. The van der Waals surface area contributed by atoms with E-state index in [1.807, 2.05) is 24.9 Å². The standard InChI is InChI=1S/C37H41N3O10S/c1-15-8-18-9-20-35(44)40-21-12-48-36(45)37(19-11-23(46-4)22(41)10-17(19)6-7-38-37)13-51-34(26-25(21)33-32(49-14-50-33)16(2)29(26)42)28(40)27(39(20)3)24(18)30(43)31(15)47-5/h8,10-11,20-21,27-28,34-35,38,41-44H,6-7,9,12-14H2,1-5H3/t20-,21-,27-,28?,34-,35+,37-/m1/s1. The number of aliphatic hydroxyl groups excluding tert-OH is 1. The molecule has 0 amide bonds. The van der Waals surface area contributed by atoms with Crippen LogP contribution in [-0.4, -0.2) is 101 Å². The van der Waals surface area contributed by atoms with Gasteiger partial charge in [-0.25, -0.2) is 4.79 Å². The highest BCUT2D eigenvalue weighted by Crippen LogP contribution is 2.64. The van der Waals surface area contributed by atoms with Crippen LogP contribution >= 0.6 is 11.8 Å². The van der Waals surface area contributed by atoms with Crippen LogP contribution < -0.4 is 24.3 Å². The number of nitrogens with zero attached hydrogens (tertiary/aromatic N) is 2. The number of carbonyl (C=O) groups excluding carboxylic acids is 1. The quantitative estimate of drug-likeness (QED) is 0.246. The maximum Gasteiger partial charge on any atom is 0.331 e. The van der Waals surface area contributed by atoms with Crippen LogP contribution in [0.15, 0.2) is 18.2 Å². The summed E-state index contributed by atoms with van der Waals surface area (Å²) < 4.78 is 29.5. The molecule has 13 nitrogen and oxygen atoms in total. The topological polar surface area (TPSA) is 163 Å². The van der Waals surface area contributed by atoms with Crippen molar-refractivity contribution >= 4 is 17.7 Å². The number of aryl methyl sites for hydroxylation is 1. The molecule has 7 atom stereocenters. The Balaban J connectivity index is 1.29.